The van der Waals surface area contributed by atoms with E-state index in [0.29, 0.717) is 61.4 Å². The Morgan fingerprint density at radius 3 is 2.67 bits per heavy atom. The Morgan fingerprint density at radius 2 is 1.98 bits per heavy atom. The molecule has 2 heterocycles. The van der Waals surface area contributed by atoms with E-state index in [1.807, 2.05) is 24.3 Å². The molecule has 0 saturated carbocycles. The number of benzene rings is 2. The van der Waals surface area contributed by atoms with Gasteiger partial charge in [0.15, 0.2) is 11.8 Å². The number of nitrogens with zero attached hydrogens (tertiary/aromatic N) is 3. The predicted molar refractivity (Wildman–Crippen MR) is 168 cm³/mol. The first-order valence-electron chi connectivity index (χ1n) is 14.0. The van der Waals surface area contributed by atoms with Crippen molar-refractivity contribution < 1.29 is 14.2 Å². The standard InChI is InChI=1S/C30H38ClFN8O3/c1-43-17-22(9-10-36-29(34)35)37-14-18-5-7-23(8-6-18)40-15-20-13-26(38-28(20)39-30(40)42)24-11-19(12-25(31)27(24)32)3-2-4-21(33)16-41/h5-8,11-13,15,21-22,37,41H,2-4,9-10,14,16-17,33H2,1H3,(H4,34,35,36)(H,38,39,42)/t21-,22-/m1/s1. The summed E-state index contributed by atoms with van der Waals surface area (Å²) in [5.41, 5.74) is 19.7. The zero-order valence-electron chi connectivity index (χ0n) is 24.0. The molecule has 0 amide bonds. The van der Waals surface area contributed by atoms with E-state index in [0.717, 1.165) is 17.5 Å². The van der Waals surface area contributed by atoms with E-state index < -0.39 is 11.5 Å². The van der Waals surface area contributed by atoms with E-state index in [9.17, 15) is 4.79 Å². The fourth-order valence-corrected chi connectivity index (χ4v) is 5.04. The molecule has 230 valence electrons. The number of aryl methyl sites for hydroxylation is 1. The number of rotatable bonds is 15. The van der Waals surface area contributed by atoms with Gasteiger partial charge in [-0.15, -0.1) is 0 Å². The van der Waals surface area contributed by atoms with E-state index in [1.54, 1.807) is 31.5 Å². The molecule has 13 heteroatoms. The Labute approximate surface area is 253 Å². The van der Waals surface area contributed by atoms with Crippen molar-refractivity contribution in [3.63, 3.8) is 0 Å². The number of aromatic amines is 1. The highest BCUT2D eigenvalue weighted by atomic mass is 35.5. The van der Waals surface area contributed by atoms with Crippen molar-refractivity contribution in [1.29, 1.82) is 0 Å². The third kappa shape index (κ3) is 8.62. The van der Waals surface area contributed by atoms with E-state index in [-0.39, 0.29) is 35.2 Å². The number of aliphatic hydroxyl groups is 1. The highest BCUT2D eigenvalue weighted by molar-refractivity contribution is 6.31. The number of fused-ring (bicyclic) bond motifs is 1. The maximum Gasteiger partial charge on any atom is 0.354 e. The van der Waals surface area contributed by atoms with Gasteiger partial charge in [-0.1, -0.05) is 23.7 Å². The number of aromatic nitrogens is 3. The Bertz CT molecular complexity index is 1600. The molecule has 4 aromatic rings. The second kappa shape index (κ2) is 15.1. The molecule has 0 unspecified atom stereocenters. The van der Waals surface area contributed by atoms with Crippen LogP contribution in [0, 0.1) is 5.82 Å². The van der Waals surface area contributed by atoms with Gasteiger partial charge in [0.25, 0.3) is 0 Å². The minimum absolute atomic E-state index is 0.00188. The van der Waals surface area contributed by atoms with Crippen LogP contribution in [0.2, 0.25) is 5.02 Å². The Kier molecular flexibility index (Phi) is 11.3. The third-order valence-electron chi connectivity index (χ3n) is 7.11. The lowest BCUT2D eigenvalue weighted by molar-refractivity contribution is 0.162. The highest BCUT2D eigenvalue weighted by Gasteiger charge is 2.16. The average Bonchev–Trinajstić information content (AvgIpc) is 3.39. The summed E-state index contributed by atoms with van der Waals surface area (Å²) in [4.78, 5) is 24.2. The number of ether oxygens (including phenoxy) is 1. The van der Waals surface area contributed by atoms with Crippen molar-refractivity contribution in [3.05, 3.63) is 81.1 Å². The third-order valence-corrected chi connectivity index (χ3v) is 7.39. The van der Waals surface area contributed by atoms with Gasteiger partial charge in [-0.2, -0.15) is 4.98 Å². The predicted octanol–water partition coefficient (Wildman–Crippen LogP) is 2.58. The van der Waals surface area contributed by atoms with Crippen LogP contribution in [-0.2, 0) is 17.7 Å². The summed E-state index contributed by atoms with van der Waals surface area (Å²) in [5.74, 6) is -0.504. The molecular formula is C30H38ClFN8O3. The van der Waals surface area contributed by atoms with Crippen LogP contribution in [0.25, 0.3) is 28.0 Å². The van der Waals surface area contributed by atoms with Gasteiger partial charge in [-0.3, -0.25) is 9.56 Å². The monoisotopic (exact) mass is 612 g/mol. The number of halogens is 2. The van der Waals surface area contributed by atoms with Crippen LogP contribution in [0.4, 0.5) is 4.39 Å². The van der Waals surface area contributed by atoms with Gasteiger partial charge in [0.2, 0.25) is 0 Å². The maximum absolute atomic E-state index is 15.1. The topological polar surface area (TPSA) is 183 Å². The summed E-state index contributed by atoms with van der Waals surface area (Å²) >= 11 is 6.22. The van der Waals surface area contributed by atoms with Crippen molar-refractivity contribution in [3.8, 4) is 16.9 Å². The maximum atomic E-state index is 15.1. The van der Waals surface area contributed by atoms with Crippen molar-refractivity contribution in [1.82, 2.24) is 19.9 Å². The molecule has 11 nitrogen and oxygen atoms in total. The van der Waals surface area contributed by atoms with Crippen molar-refractivity contribution >= 4 is 28.6 Å². The highest BCUT2D eigenvalue weighted by Crippen LogP contribution is 2.31. The number of nitrogens with one attached hydrogen (secondary N) is 2. The van der Waals surface area contributed by atoms with Crippen LogP contribution >= 0.6 is 11.6 Å². The molecule has 0 spiro atoms. The normalized spacial score (nSPS) is 12.9. The summed E-state index contributed by atoms with van der Waals surface area (Å²) in [6.07, 6.45) is 4.37. The van der Waals surface area contributed by atoms with Crippen LogP contribution in [-0.4, -0.2) is 64.6 Å². The van der Waals surface area contributed by atoms with E-state index in [4.69, 9.17) is 38.6 Å². The van der Waals surface area contributed by atoms with Gasteiger partial charge in [-0.05, 0) is 67.1 Å². The summed E-state index contributed by atoms with van der Waals surface area (Å²) in [7, 11) is 1.64. The summed E-state index contributed by atoms with van der Waals surface area (Å²) in [6, 6.07) is 12.4. The number of aliphatic hydroxyl groups excluding tert-OH is 1. The number of hydrogen-bond donors (Lipinski definition) is 6. The van der Waals surface area contributed by atoms with Crippen LogP contribution in [0.5, 0.6) is 0 Å². The van der Waals surface area contributed by atoms with Gasteiger partial charge in [0.05, 0.1) is 29.6 Å². The number of guanidine groups is 1. The van der Waals surface area contributed by atoms with Crippen LogP contribution in [0.15, 0.2) is 58.4 Å². The number of H-pyrrole nitrogens is 1. The van der Waals surface area contributed by atoms with Crippen LogP contribution in [0.1, 0.15) is 30.4 Å². The second-order valence-electron chi connectivity index (χ2n) is 10.4. The smallest absolute Gasteiger partial charge is 0.354 e. The fourth-order valence-electron chi connectivity index (χ4n) is 4.80. The molecule has 0 aliphatic rings. The van der Waals surface area contributed by atoms with Crippen molar-refractivity contribution in [2.24, 2.45) is 22.2 Å². The van der Waals surface area contributed by atoms with E-state index >= 15 is 4.39 Å². The molecule has 4 rings (SSSR count). The lowest BCUT2D eigenvalue weighted by Crippen LogP contribution is -2.34. The molecular weight excluding hydrogens is 575 g/mol. The Morgan fingerprint density at radius 1 is 1.21 bits per heavy atom. The summed E-state index contributed by atoms with van der Waals surface area (Å²) < 4.78 is 21.8. The van der Waals surface area contributed by atoms with Crippen LogP contribution in [0.3, 0.4) is 0 Å². The van der Waals surface area contributed by atoms with E-state index in [1.165, 1.54) is 4.57 Å². The van der Waals surface area contributed by atoms with Gasteiger partial charge >= 0.3 is 5.69 Å². The number of methoxy groups -OCH3 is 1. The second-order valence-corrected chi connectivity index (χ2v) is 10.9. The first-order chi connectivity index (χ1) is 20.7. The molecule has 0 saturated heterocycles. The molecule has 0 radical (unpaired) electrons. The zero-order valence-corrected chi connectivity index (χ0v) is 24.8. The molecule has 0 aliphatic heterocycles. The molecule has 2 aromatic carbocycles. The largest absolute Gasteiger partial charge is 0.395 e. The molecule has 2 atom stereocenters. The number of hydrogen-bond acceptors (Lipinski definition) is 7. The van der Waals surface area contributed by atoms with Crippen molar-refractivity contribution in [2.75, 3.05) is 26.9 Å². The fraction of sp³-hybridized carbons (Fsp3) is 0.367. The lowest BCUT2D eigenvalue weighted by Gasteiger charge is -2.17. The minimum atomic E-state index is -0.563. The van der Waals surface area contributed by atoms with Crippen molar-refractivity contribution in [2.45, 2.75) is 44.3 Å². The molecule has 0 bridgehead atoms. The minimum Gasteiger partial charge on any atom is -0.395 e. The number of nitrogens with two attached hydrogens (primary N) is 3. The SMILES string of the molecule is COC[C@@H](CCN=C(N)N)NCc1ccc(-n2cc3cc(-c4cc(CCC[C@@H](N)CO)cc(Cl)c4F)[nH]c3nc2=O)cc1. The van der Waals surface area contributed by atoms with Gasteiger partial charge < -0.3 is 37.3 Å². The molecule has 2 aromatic heterocycles. The molecule has 43 heavy (non-hydrogen) atoms. The van der Waals surface area contributed by atoms with Gasteiger partial charge in [0, 0.05) is 49.4 Å². The molecule has 0 aliphatic carbocycles. The lowest BCUT2D eigenvalue weighted by atomic mass is 10.0. The summed E-state index contributed by atoms with van der Waals surface area (Å²) in [6.45, 7) is 1.51. The Balaban J connectivity index is 1.51. The first-order valence-corrected chi connectivity index (χ1v) is 14.4. The first kappa shape index (κ1) is 32.1. The van der Waals surface area contributed by atoms with Crippen LogP contribution < -0.4 is 28.2 Å². The van der Waals surface area contributed by atoms with Gasteiger partial charge in [0.1, 0.15) is 5.65 Å². The zero-order chi connectivity index (χ0) is 30.9. The average molecular weight is 613 g/mol. The van der Waals surface area contributed by atoms with Gasteiger partial charge in [-0.25, -0.2) is 9.18 Å². The van der Waals surface area contributed by atoms with E-state index in [2.05, 4.69) is 20.3 Å². The quantitative estimate of drug-likeness (QED) is 0.0874. The number of aliphatic imine (C=N–C) groups is 1. The summed E-state index contributed by atoms with van der Waals surface area (Å²) in [5, 5.41) is 13.2. The molecule has 0 fully saturated rings. The Hall–Kier alpha value is -3.81. The molecule has 9 N–H and O–H groups in total.